The lowest BCUT2D eigenvalue weighted by atomic mass is 9.90. The van der Waals surface area contributed by atoms with E-state index in [4.69, 9.17) is 0 Å². The van der Waals surface area contributed by atoms with E-state index in [0.717, 1.165) is 25.3 Å². The number of amides is 2. The molecule has 28 heavy (non-hydrogen) atoms. The number of halogens is 3. The van der Waals surface area contributed by atoms with E-state index in [1.165, 1.54) is 5.56 Å². The Labute approximate surface area is 161 Å². The summed E-state index contributed by atoms with van der Waals surface area (Å²) in [5.41, 5.74) is 0.640. The normalized spacial score (nSPS) is 14.8. The Morgan fingerprint density at radius 3 is 2.32 bits per heavy atom. The highest BCUT2D eigenvalue weighted by Crippen LogP contribution is 2.21. The van der Waals surface area contributed by atoms with Crippen LogP contribution in [0.1, 0.15) is 28.8 Å². The van der Waals surface area contributed by atoms with Crippen molar-refractivity contribution in [2.75, 3.05) is 19.6 Å². The number of nitrogens with one attached hydrogen (secondary N) is 1. The summed E-state index contributed by atoms with van der Waals surface area (Å²) in [5.74, 6) is -5.38. The third-order valence-corrected chi connectivity index (χ3v) is 5.01. The standard InChI is InChI=1S/C21H21F3N2O2/c22-17-7-6-16(19(23)20(17)24)21(28)25-13-18(27)26-10-8-15(9-11-26)12-14-4-2-1-3-5-14/h1-7,15H,8-13H2,(H,25,28). The quantitative estimate of drug-likeness (QED) is 0.797. The van der Waals surface area contributed by atoms with Crippen molar-refractivity contribution in [2.45, 2.75) is 19.3 Å². The summed E-state index contributed by atoms with van der Waals surface area (Å²) in [4.78, 5) is 25.9. The van der Waals surface area contributed by atoms with Gasteiger partial charge < -0.3 is 10.2 Å². The van der Waals surface area contributed by atoms with Gasteiger partial charge in [0.05, 0.1) is 12.1 Å². The average Bonchev–Trinajstić information content (AvgIpc) is 2.71. The summed E-state index contributed by atoms with van der Waals surface area (Å²) >= 11 is 0. The number of carbonyl (C=O) groups excluding carboxylic acids is 2. The molecule has 0 radical (unpaired) electrons. The summed E-state index contributed by atoms with van der Waals surface area (Å²) in [7, 11) is 0. The molecule has 0 aliphatic carbocycles. The van der Waals surface area contributed by atoms with Gasteiger partial charge in [-0.1, -0.05) is 30.3 Å². The first-order valence-electron chi connectivity index (χ1n) is 9.19. The van der Waals surface area contributed by atoms with Crippen molar-refractivity contribution in [1.82, 2.24) is 10.2 Å². The lowest BCUT2D eigenvalue weighted by Gasteiger charge is -2.32. The number of nitrogens with zero attached hydrogens (tertiary/aromatic N) is 1. The fourth-order valence-electron chi connectivity index (χ4n) is 3.40. The van der Waals surface area contributed by atoms with Crippen molar-refractivity contribution in [3.05, 3.63) is 71.0 Å². The van der Waals surface area contributed by atoms with Gasteiger partial charge in [-0.25, -0.2) is 13.2 Å². The Balaban J connectivity index is 1.47. The van der Waals surface area contributed by atoms with Gasteiger partial charge in [0.25, 0.3) is 5.91 Å². The molecule has 1 fully saturated rings. The Bertz CT molecular complexity index is 850. The van der Waals surface area contributed by atoms with Crippen LogP contribution < -0.4 is 5.32 Å². The van der Waals surface area contributed by atoms with Crippen LogP contribution in [0.25, 0.3) is 0 Å². The van der Waals surface area contributed by atoms with Crippen molar-refractivity contribution >= 4 is 11.8 Å². The number of carbonyl (C=O) groups is 2. The zero-order valence-corrected chi connectivity index (χ0v) is 15.3. The fourth-order valence-corrected chi connectivity index (χ4v) is 3.40. The first-order chi connectivity index (χ1) is 13.5. The number of likely N-dealkylation sites (tertiary alicyclic amines) is 1. The van der Waals surface area contributed by atoms with Crippen LogP contribution in [0, 0.1) is 23.4 Å². The maximum Gasteiger partial charge on any atom is 0.254 e. The van der Waals surface area contributed by atoms with Crippen molar-refractivity contribution in [2.24, 2.45) is 5.92 Å². The van der Waals surface area contributed by atoms with Gasteiger partial charge in [0, 0.05) is 13.1 Å². The molecular weight excluding hydrogens is 369 g/mol. The average molecular weight is 390 g/mol. The monoisotopic (exact) mass is 390 g/mol. The van der Waals surface area contributed by atoms with Gasteiger partial charge in [0.2, 0.25) is 5.91 Å². The highest BCUT2D eigenvalue weighted by molar-refractivity contribution is 5.96. The highest BCUT2D eigenvalue weighted by atomic mass is 19.2. The number of benzene rings is 2. The first-order valence-corrected chi connectivity index (χ1v) is 9.19. The van der Waals surface area contributed by atoms with Crippen molar-refractivity contribution in [1.29, 1.82) is 0 Å². The number of hydrogen-bond acceptors (Lipinski definition) is 2. The summed E-state index contributed by atoms with van der Waals surface area (Å²) in [6.07, 6.45) is 2.70. The first kappa shape index (κ1) is 19.9. The molecule has 1 heterocycles. The van der Waals surface area contributed by atoms with E-state index in [-0.39, 0.29) is 12.5 Å². The predicted molar refractivity (Wildman–Crippen MR) is 98.1 cm³/mol. The van der Waals surface area contributed by atoms with Crippen molar-refractivity contribution < 1.29 is 22.8 Å². The third-order valence-electron chi connectivity index (χ3n) is 5.01. The predicted octanol–water partition coefficient (Wildman–Crippen LogP) is 3.32. The lowest BCUT2D eigenvalue weighted by Crippen LogP contribution is -2.44. The molecule has 1 aliphatic rings. The van der Waals surface area contributed by atoms with E-state index in [1.807, 2.05) is 18.2 Å². The molecule has 0 aromatic heterocycles. The maximum atomic E-state index is 13.6. The van der Waals surface area contributed by atoms with Crippen LogP contribution in [-0.4, -0.2) is 36.3 Å². The summed E-state index contributed by atoms with van der Waals surface area (Å²) < 4.78 is 39.8. The third kappa shape index (κ3) is 4.71. The van der Waals surface area contributed by atoms with Crippen LogP contribution in [0.3, 0.4) is 0 Å². The summed E-state index contributed by atoms with van der Waals surface area (Å²) in [6, 6.07) is 11.7. The van der Waals surface area contributed by atoms with Gasteiger partial charge >= 0.3 is 0 Å². The molecule has 7 heteroatoms. The van der Waals surface area contributed by atoms with Crippen LogP contribution in [0.2, 0.25) is 0 Å². The number of rotatable bonds is 5. The van der Waals surface area contributed by atoms with Crippen LogP contribution in [-0.2, 0) is 11.2 Å². The van der Waals surface area contributed by atoms with Gasteiger partial charge in [0.1, 0.15) is 0 Å². The van der Waals surface area contributed by atoms with Crippen molar-refractivity contribution in [3.8, 4) is 0 Å². The minimum absolute atomic E-state index is 0.283. The Morgan fingerprint density at radius 2 is 1.64 bits per heavy atom. The van der Waals surface area contributed by atoms with E-state index in [2.05, 4.69) is 17.4 Å². The Kier molecular flexibility index (Phi) is 6.34. The van der Waals surface area contributed by atoms with Crippen LogP contribution >= 0.6 is 0 Å². The molecule has 1 N–H and O–H groups in total. The molecule has 0 spiro atoms. The fraction of sp³-hybridized carbons (Fsp3) is 0.333. The van der Waals surface area contributed by atoms with Gasteiger partial charge in [-0.15, -0.1) is 0 Å². The molecule has 0 saturated carbocycles. The second-order valence-electron chi connectivity index (χ2n) is 6.92. The van der Waals surface area contributed by atoms with E-state index < -0.39 is 28.9 Å². The van der Waals surface area contributed by atoms with E-state index in [9.17, 15) is 22.8 Å². The summed E-state index contributed by atoms with van der Waals surface area (Å²) in [6.45, 7) is 0.859. The zero-order chi connectivity index (χ0) is 20.1. The van der Waals surface area contributed by atoms with Crippen molar-refractivity contribution in [3.63, 3.8) is 0 Å². The van der Waals surface area contributed by atoms with Gasteiger partial charge in [-0.3, -0.25) is 9.59 Å². The minimum atomic E-state index is -1.71. The Morgan fingerprint density at radius 1 is 0.964 bits per heavy atom. The number of piperidine rings is 1. The molecule has 2 aromatic carbocycles. The zero-order valence-electron chi connectivity index (χ0n) is 15.3. The van der Waals surface area contributed by atoms with E-state index >= 15 is 0 Å². The number of hydrogen-bond donors (Lipinski definition) is 1. The second-order valence-corrected chi connectivity index (χ2v) is 6.92. The second kappa shape index (κ2) is 8.91. The van der Waals surface area contributed by atoms with Gasteiger partial charge in [0.15, 0.2) is 17.5 Å². The van der Waals surface area contributed by atoms with E-state index in [1.54, 1.807) is 4.90 Å². The molecule has 1 saturated heterocycles. The summed E-state index contributed by atoms with van der Waals surface area (Å²) in [5, 5.41) is 2.28. The highest BCUT2D eigenvalue weighted by Gasteiger charge is 2.24. The Hall–Kier alpha value is -2.83. The maximum absolute atomic E-state index is 13.6. The van der Waals surface area contributed by atoms with Gasteiger partial charge in [-0.2, -0.15) is 0 Å². The SMILES string of the molecule is O=C(NCC(=O)N1CCC(Cc2ccccc2)CC1)c1ccc(F)c(F)c1F. The smallest absolute Gasteiger partial charge is 0.254 e. The molecule has 2 aromatic rings. The molecule has 0 atom stereocenters. The molecule has 1 aliphatic heterocycles. The molecule has 2 amide bonds. The lowest BCUT2D eigenvalue weighted by molar-refractivity contribution is -0.131. The van der Waals surface area contributed by atoms with E-state index in [0.29, 0.717) is 25.1 Å². The molecule has 3 rings (SSSR count). The van der Waals surface area contributed by atoms with Gasteiger partial charge in [-0.05, 0) is 42.9 Å². The molecule has 148 valence electrons. The molecular formula is C21H21F3N2O2. The largest absolute Gasteiger partial charge is 0.343 e. The van der Waals surface area contributed by atoms with Crippen LogP contribution in [0.5, 0.6) is 0 Å². The topological polar surface area (TPSA) is 49.4 Å². The van der Waals surface area contributed by atoms with Crippen LogP contribution in [0.15, 0.2) is 42.5 Å². The molecule has 0 unspecified atom stereocenters. The molecule has 0 bridgehead atoms. The van der Waals surface area contributed by atoms with Crippen LogP contribution in [0.4, 0.5) is 13.2 Å². The molecule has 4 nitrogen and oxygen atoms in total. The minimum Gasteiger partial charge on any atom is -0.343 e.